The molecule has 0 N–H and O–H groups in total. The fourth-order valence-corrected chi connectivity index (χ4v) is 5.03. The Hall–Kier alpha value is -2.65. The molecule has 0 bridgehead atoms. The quantitative estimate of drug-likeness (QED) is 0.710. The van der Waals surface area contributed by atoms with Gasteiger partial charge in [0.25, 0.3) is 0 Å². The monoisotopic (exact) mass is 405 g/mol. The Morgan fingerprint density at radius 3 is 2.55 bits per heavy atom. The van der Waals surface area contributed by atoms with Gasteiger partial charge in [0, 0.05) is 12.1 Å². The Kier molecular flexibility index (Phi) is 5.68. The van der Waals surface area contributed by atoms with Gasteiger partial charge in [-0.15, -0.1) is 0 Å². The minimum atomic E-state index is -0.546. The molecule has 1 fully saturated rings. The summed E-state index contributed by atoms with van der Waals surface area (Å²) >= 11 is 1.26. The van der Waals surface area contributed by atoms with E-state index >= 15 is 0 Å². The van der Waals surface area contributed by atoms with Gasteiger partial charge in [-0.3, -0.25) is 9.59 Å². The largest absolute Gasteiger partial charge is 0.274 e. The molecule has 0 saturated carbocycles. The van der Waals surface area contributed by atoms with E-state index in [4.69, 9.17) is 4.98 Å². The topological polar surface area (TPSA) is 74.1 Å². The number of thioether (sulfide) groups is 1. The summed E-state index contributed by atoms with van der Waals surface area (Å²) in [6.07, 6.45) is 6.61. The average molecular weight is 406 g/mol. The van der Waals surface area contributed by atoms with E-state index < -0.39 is 5.25 Å². The minimum absolute atomic E-state index is 0.126. The molecular formula is C23H23N3O2S. The summed E-state index contributed by atoms with van der Waals surface area (Å²) in [6, 6.07) is 11.5. The predicted octanol–water partition coefficient (Wildman–Crippen LogP) is 4.34. The molecular weight excluding hydrogens is 382 g/mol. The van der Waals surface area contributed by atoms with Crippen LogP contribution < -0.4 is 4.90 Å². The number of nitrogens with zero attached hydrogens (tertiary/aromatic N) is 3. The molecule has 1 aliphatic carbocycles. The van der Waals surface area contributed by atoms with Crippen molar-refractivity contribution < 1.29 is 9.59 Å². The maximum absolute atomic E-state index is 13.0. The molecule has 1 aromatic carbocycles. The number of hydrogen-bond acceptors (Lipinski definition) is 5. The lowest BCUT2D eigenvalue weighted by Gasteiger charge is -2.17. The molecule has 4 rings (SSSR count). The first-order chi connectivity index (χ1) is 14.1. The summed E-state index contributed by atoms with van der Waals surface area (Å²) in [5.74, 6) is -0.442. The van der Waals surface area contributed by atoms with Crippen molar-refractivity contribution in [3.05, 3.63) is 52.7 Å². The van der Waals surface area contributed by atoms with Gasteiger partial charge in [-0.05, 0) is 56.4 Å². The molecule has 1 saturated heterocycles. The summed E-state index contributed by atoms with van der Waals surface area (Å²) in [6.45, 7) is 1.96. The fourth-order valence-electron chi connectivity index (χ4n) is 3.93. The summed E-state index contributed by atoms with van der Waals surface area (Å²) in [5, 5.41) is 9.65. The number of anilines is 1. The van der Waals surface area contributed by atoms with Crippen LogP contribution in [-0.2, 0) is 22.4 Å². The first-order valence-electron chi connectivity index (χ1n) is 10.1. The van der Waals surface area contributed by atoms with Crippen molar-refractivity contribution in [2.75, 3.05) is 4.90 Å². The van der Waals surface area contributed by atoms with Crippen LogP contribution in [0.15, 0.2) is 35.4 Å². The number of carbonyl (C=O) groups is 2. The third-order valence-electron chi connectivity index (χ3n) is 5.54. The van der Waals surface area contributed by atoms with E-state index in [1.807, 2.05) is 25.1 Å². The van der Waals surface area contributed by atoms with Crippen LogP contribution in [0.3, 0.4) is 0 Å². The van der Waals surface area contributed by atoms with Crippen molar-refractivity contribution in [1.29, 1.82) is 5.26 Å². The van der Waals surface area contributed by atoms with E-state index in [0.717, 1.165) is 42.5 Å². The number of aryl methyl sites for hydroxylation is 3. The van der Waals surface area contributed by atoms with Gasteiger partial charge in [0.15, 0.2) is 0 Å². The minimum Gasteiger partial charge on any atom is -0.274 e. The second-order valence-corrected chi connectivity index (χ2v) is 8.88. The maximum Gasteiger partial charge on any atom is 0.247 e. The number of nitriles is 1. The lowest BCUT2D eigenvalue weighted by Crippen LogP contribution is -2.31. The summed E-state index contributed by atoms with van der Waals surface area (Å²) in [7, 11) is 0. The highest BCUT2D eigenvalue weighted by Gasteiger charge is 2.40. The van der Waals surface area contributed by atoms with Crippen LogP contribution in [0.5, 0.6) is 0 Å². The van der Waals surface area contributed by atoms with Gasteiger partial charge in [0.05, 0.1) is 16.5 Å². The zero-order valence-electron chi connectivity index (χ0n) is 16.5. The molecule has 2 aromatic rings. The van der Waals surface area contributed by atoms with E-state index in [1.165, 1.54) is 29.5 Å². The first kappa shape index (κ1) is 19.7. The van der Waals surface area contributed by atoms with Gasteiger partial charge in [-0.2, -0.15) is 5.26 Å². The smallest absolute Gasteiger partial charge is 0.247 e. The molecule has 1 aliphatic heterocycles. The van der Waals surface area contributed by atoms with Crippen LogP contribution >= 0.6 is 11.8 Å². The number of pyridine rings is 1. The van der Waals surface area contributed by atoms with Gasteiger partial charge in [-0.1, -0.05) is 42.3 Å². The Labute approximate surface area is 175 Å². The van der Waals surface area contributed by atoms with E-state index in [-0.39, 0.29) is 18.2 Å². The molecule has 0 radical (unpaired) electrons. The number of rotatable bonds is 3. The number of fused-ring (bicyclic) bond motifs is 1. The first-order valence-corrected chi connectivity index (χ1v) is 11.0. The average Bonchev–Trinajstić information content (AvgIpc) is 2.97. The van der Waals surface area contributed by atoms with Crippen molar-refractivity contribution in [3.8, 4) is 6.07 Å². The lowest BCUT2D eigenvalue weighted by molar-refractivity contribution is -0.121. The van der Waals surface area contributed by atoms with Crippen LogP contribution in [0.4, 0.5) is 5.69 Å². The normalized spacial score (nSPS) is 19.4. The molecule has 148 valence electrons. The molecule has 1 aromatic heterocycles. The van der Waals surface area contributed by atoms with Crippen molar-refractivity contribution >= 4 is 29.3 Å². The summed E-state index contributed by atoms with van der Waals surface area (Å²) < 4.78 is 0. The van der Waals surface area contributed by atoms with Gasteiger partial charge in [0.2, 0.25) is 11.8 Å². The highest BCUT2D eigenvalue weighted by molar-refractivity contribution is 8.00. The number of imide groups is 1. The number of carbonyl (C=O) groups excluding carboxylic acids is 2. The predicted molar refractivity (Wildman–Crippen MR) is 113 cm³/mol. The third kappa shape index (κ3) is 4.06. The number of amides is 2. The molecule has 29 heavy (non-hydrogen) atoms. The van der Waals surface area contributed by atoms with Crippen molar-refractivity contribution in [3.63, 3.8) is 0 Å². The Morgan fingerprint density at radius 1 is 1.10 bits per heavy atom. The van der Waals surface area contributed by atoms with Crippen LogP contribution in [0.2, 0.25) is 0 Å². The number of benzene rings is 1. The second-order valence-electron chi connectivity index (χ2n) is 7.69. The molecule has 0 unspecified atom stereocenters. The third-order valence-corrected chi connectivity index (χ3v) is 6.72. The second kappa shape index (κ2) is 8.38. The van der Waals surface area contributed by atoms with Gasteiger partial charge < -0.3 is 0 Å². The van der Waals surface area contributed by atoms with Crippen molar-refractivity contribution in [1.82, 2.24) is 4.98 Å². The summed E-state index contributed by atoms with van der Waals surface area (Å²) in [5.41, 5.74) is 4.37. The zero-order chi connectivity index (χ0) is 20.4. The van der Waals surface area contributed by atoms with Crippen LogP contribution in [-0.4, -0.2) is 22.0 Å². The van der Waals surface area contributed by atoms with Gasteiger partial charge in [0.1, 0.15) is 11.1 Å². The highest BCUT2D eigenvalue weighted by atomic mass is 32.2. The molecule has 6 heteroatoms. The zero-order valence-corrected chi connectivity index (χ0v) is 17.3. The summed E-state index contributed by atoms with van der Waals surface area (Å²) in [4.78, 5) is 31.6. The van der Waals surface area contributed by atoms with Crippen molar-refractivity contribution in [2.24, 2.45) is 0 Å². The van der Waals surface area contributed by atoms with Crippen molar-refractivity contribution in [2.45, 2.75) is 62.1 Å². The molecule has 1 atom stereocenters. The Bertz CT molecular complexity index is 994. The molecule has 2 heterocycles. The van der Waals surface area contributed by atoms with Gasteiger partial charge in [-0.25, -0.2) is 9.88 Å². The lowest BCUT2D eigenvalue weighted by atomic mass is 9.96. The van der Waals surface area contributed by atoms with Crippen LogP contribution in [0.1, 0.15) is 54.5 Å². The Morgan fingerprint density at radius 2 is 1.83 bits per heavy atom. The SMILES string of the molecule is Cc1ccc(N2C(=O)C[C@@H](Sc3nc4c(cc3C#N)CCCCCC4)C2=O)cc1. The van der Waals surface area contributed by atoms with Crippen LogP contribution in [0, 0.1) is 18.3 Å². The molecule has 0 spiro atoms. The standard InChI is InChI=1S/C23H23N3O2S/c1-15-8-10-18(11-9-15)26-21(27)13-20(23(26)28)29-22-17(14-24)12-16-6-4-2-3-5-7-19(16)25-22/h8-12,20H,2-7,13H2,1H3/t20-/m1/s1. The molecule has 2 aliphatic rings. The highest BCUT2D eigenvalue weighted by Crippen LogP contribution is 2.35. The Balaban J connectivity index is 1.59. The molecule has 5 nitrogen and oxygen atoms in total. The van der Waals surface area contributed by atoms with E-state index in [9.17, 15) is 14.9 Å². The number of aromatic nitrogens is 1. The van der Waals surface area contributed by atoms with E-state index in [0.29, 0.717) is 16.3 Å². The number of hydrogen-bond donors (Lipinski definition) is 0. The van der Waals surface area contributed by atoms with E-state index in [1.54, 1.807) is 12.1 Å². The maximum atomic E-state index is 13.0. The van der Waals surface area contributed by atoms with Gasteiger partial charge >= 0.3 is 0 Å². The van der Waals surface area contributed by atoms with Crippen LogP contribution in [0.25, 0.3) is 0 Å². The van der Waals surface area contributed by atoms with E-state index in [2.05, 4.69) is 6.07 Å². The fraction of sp³-hybridized carbons (Fsp3) is 0.391. The molecule has 2 amide bonds.